The van der Waals surface area contributed by atoms with Gasteiger partial charge in [0.05, 0.1) is 0 Å². The summed E-state index contributed by atoms with van der Waals surface area (Å²) >= 11 is 1.38. The minimum Gasteiger partial charge on any atom is -0.409 e. The van der Waals surface area contributed by atoms with Crippen LogP contribution < -0.4 is 11.4 Å². The van der Waals surface area contributed by atoms with Crippen molar-refractivity contribution in [3.8, 4) is 0 Å². The number of amidine groups is 1. The van der Waals surface area contributed by atoms with Crippen LogP contribution >= 0.6 is 11.8 Å². The van der Waals surface area contributed by atoms with Crippen molar-refractivity contribution in [1.82, 2.24) is 14.8 Å². The standard InChI is InChI=1S/C12H15N5O2S/c1-2-7-17-11(18)14-15-12(17)20-9-5-3-8(4-6-9)10(13)16-19/h3-6,19H,2,7H2,1H3,(H2,13,16)(H,14,18). The first-order valence-electron chi connectivity index (χ1n) is 6.06. The van der Waals surface area contributed by atoms with Gasteiger partial charge < -0.3 is 10.9 Å². The highest BCUT2D eigenvalue weighted by Crippen LogP contribution is 2.25. The van der Waals surface area contributed by atoms with E-state index in [1.807, 2.05) is 19.1 Å². The lowest BCUT2D eigenvalue weighted by Gasteiger charge is -2.04. The molecule has 1 aromatic heterocycles. The summed E-state index contributed by atoms with van der Waals surface area (Å²) in [7, 11) is 0. The van der Waals surface area contributed by atoms with Gasteiger partial charge in [0.1, 0.15) is 0 Å². The van der Waals surface area contributed by atoms with Crippen LogP contribution in [0.3, 0.4) is 0 Å². The van der Waals surface area contributed by atoms with Gasteiger partial charge in [-0.1, -0.05) is 24.2 Å². The topological polar surface area (TPSA) is 109 Å². The van der Waals surface area contributed by atoms with Crippen LogP contribution in [-0.4, -0.2) is 25.8 Å². The Hall–Kier alpha value is -2.22. The average Bonchev–Trinajstić information content (AvgIpc) is 2.81. The van der Waals surface area contributed by atoms with Crippen LogP contribution in [-0.2, 0) is 6.54 Å². The van der Waals surface area contributed by atoms with Gasteiger partial charge in [-0.15, -0.1) is 5.10 Å². The van der Waals surface area contributed by atoms with Gasteiger partial charge in [0.15, 0.2) is 11.0 Å². The third-order valence-corrected chi connectivity index (χ3v) is 3.64. The highest BCUT2D eigenvalue weighted by atomic mass is 32.2. The molecule has 0 atom stereocenters. The van der Waals surface area contributed by atoms with Crippen molar-refractivity contribution in [2.45, 2.75) is 29.9 Å². The van der Waals surface area contributed by atoms with E-state index in [-0.39, 0.29) is 11.5 Å². The summed E-state index contributed by atoms with van der Waals surface area (Å²) in [5, 5.41) is 18.6. The monoisotopic (exact) mass is 293 g/mol. The highest BCUT2D eigenvalue weighted by Gasteiger charge is 2.09. The smallest absolute Gasteiger partial charge is 0.343 e. The predicted octanol–water partition coefficient (Wildman–Crippen LogP) is 1.23. The van der Waals surface area contributed by atoms with Crippen molar-refractivity contribution < 1.29 is 5.21 Å². The van der Waals surface area contributed by atoms with Gasteiger partial charge in [0.2, 0.25) is 0 Å². The summed E-state index contributed by atoms with van der Waals surface area (Å²) in [5.74, 6) is 0.0595. The van der Waals surface area contributed by atoms with Gasteiger partial charge in [-0.25, -0.2) is 9.89 Å². The fraction of sp³-hybridized carbons (Fsp3) is 0.250. The maximum atomic E-state index is 11.6. The van der Waals surface area contributed by atoms with Crippen LogP contribution in [0.2, 0.25) is 0 Å². The second-order valence-electron chi connectivity index (χ2n) is 4.07. The number of rotatable bonds is 5. The molecule has 20 heavy (non-hydrogen) atoms. The fourth-order valence-electron chi connectivity index (χ4n) is 1.66. The van der Waals surface area contributed by atoms with E-state index < -0.39 is 0 Å². The molecule has 0 spiro atoms. The summed E-state index contributed by atoms with van der Waals surface area (Å²) in [6, 6.07) is 7.14. The quantitative estimate of drug-likeness (QED) is 0.332. The van der Waals surface area contributed by atoms with Gasteiger partial charge in [-0.3, -0.25) is 4.57 Å². The minimum absolute atomic E-state index is 0.0595. The van der Waals surface area contributed by atoms with Gasteiger partial charge in [0.25, 0.3) is 0 Å². The number of H-pyrrole nitrogens is 1. The molecule has 0 saturated heterocycles. The lowest BCUT2D eigenvalue weighted by Crippen LogP contribution is -2.17. The molecule has 1 heterocycles. The molecule has 4 N–H and O–H groups in total. The Labute approximate surface area is 119 Å². The van der Waals surface area contributed by atoms with E-state index in [2.05, 4.69) is 15.4 Å². The predicted molar refractivity (Wildman–Crippen MR) is 76.2 cm³/mol. The molecule has 0 aliphatic rings. The molecule has 0 unspecified atom stereocenters. The number of oxime groups is 1. The van der Waals surface area contributed by atoms with Gasteiger partial charge >= 0.3 is 5.69 Å². The zero-order valence-electron chi connectivity index (χ0n) is 10.9. The molecule has 0 aliphatic carbocycles. The average molecular weight is 293 g/mol. The number of benzene rings is 1. The molecule has 106 valence electrons. The molecule has 0 amide bonds. The lowest BCUT2D eigenvalue weighted by molar-refractivity contribution is 0.318. The van der Waals surface area contributed by atoms with Crippen molar-refractivity contribution in [1.29, 1.82) is 0 Å². The summed E-state index contributed by atoms with van der Waals surface area (Å²) < 4.78 is 1.60. The van der Waals surface area contributed by atoms with Crippen LogP contribution in [0.1, 0.15) is 18.9 Å². The van der Waals surface area contributed by atoms with Gasteiger partial charge in [-0.05, 0) is 30.3 Å². The number of aromatic nitrogens is 3. The summed E-state index contributed by atoms with van der Waals surface area (Å²) in [6.45, 7) is 2.62. The molecule has 0 bridgehead atoms. The van der Waals surface area contributed by atoms with Gasteiger partial charge in [0, 0.05) is 17.0 Å². The molecule has 0 radical (unpaired) electrons. The van der Waals surface area contributed by atoms with Crippen LogP contribution in [0.25, 0.3) is 0 Å². The van der Waals surface area contributed by atoms with E-state index in [1.165, 1.54) is 11.8 Å². The van der Waals surface area contributed by atoms with E-state index >= 15 is 0 Å². The Morgan fingerprint density at radius 1 is 1.50 bits per heavy atom. The van der Waals surface area contributed by atoms with Crippen molar-refractivity contribution in [2.75, 3.05) is 0 Å². The molecule has 2 rings (SSSR count). The zero-order valence-corrected chi connectivity index (χ0v) is 11.7. The molecule has 8 heteroatoms. The number of nitrogens with two attached hydrogens (primary N) is 1. The Morgan fingerprint density at radius 2 is 2.20 bits per heavy atom. The Bertz CT molecular complexity index is 659. The van der Waals surface area contributed by atoms with Crippen molar-refractivity contribution in [3.63, 3.8) is 0 Å². The van der Waals surface area contributed by atoms with Crippen LogP contribution in [0.5, 0.6) is 0 Å². The molecule has 0 fully saturated rings. The molecular weight excluding hydrogens is 278 g/mol. The normalized spacial score (nSPS) is 11.8. The number of nitrogens with one attached hydrogen (secondary N) is 1. The Morgan fingerprint density at radius 3 is 2.80 bits per heavy atom. The van der Waals surface area contributed by atoms with Crippen molar-refractivity contribution in [3.05, 3.63) is 40.3 Å². The second kappa shape index (κ2) is 6.29. The highest BCUT2D eigenvalue weighted by molar-refractivity contribution is 7.99. The molecule has 1 aromatic carbocycles. The summed E-state index contributed by atoms with van der Waals surface area (Å²) in [5.41, 5.74) is 5.92. The zero-order chi connectivity index (χ0) is 14.5. The maximum Gasteiger partial charge on any atom is 0.343 e. The minimum atomic E-state index is -0.206. The van der Waals surface area contributed by atoms with Gasteiger partial charge in [-0.2, -0.15) is 0 Å². The van der Waals surface area contributed by atoms with E-state index in [9.17, 15) is 4.79 Å². The lowest BCUT2D eigenvalue weighted by atomic mass is 10.2. The van der Waals surface area contributed by atoms with Crippen LogP contribution in [0.15, 0.2) is 44.3 Å². The molecule has 2 aromatic rings. The van der Waals surface area contributed by atoms with Crippen LogP contribution in [0.4, 0.5) is 0 Å². The second-order valence-corrected chi connectivity index (χ2v) is 5.12. The first-order chi connectivity index (χ1) is 9.65. The number of hydrogen-bond acceptors (Lipinski definition) is 5. The molecule has 0 aliphatic heterocycles. The number of nitrogens with zero attached hydrogens (tertiary/aromatic N) is 3. The fourth-order valence-corrected chi connectivity index (χ4v) is 2.52. The van der Waals surface area contributed by atoms with Crippen molar-refractivity contribution >= 4 is 17.6 Å². The third-order valence-electron chi connectivity index (χ3n) is 2.64. The number of aromatic amines is 1. The molecular formula is C12H15N5O2S. The Balaban J connectivity index is 2.20. The van der Waals surface area contributed by atoms with Crippen LogP contribution in [0, 0.1) is 0 Å². The first kappa shape index (κ1) is 14.2. The Kier molecular flexibility index (Phi) is 4.46. The van der Waals surface area contributed by atoms with E-state index in [0.717, 1.165) is 11.3 Å². The van der Waals surface area contributed by atoms with Crippen molar-refractivity contribution in [2.24, 2.45) is 10.9 Å². The van der Waals surface area contributed by atoms with E-state index in [1.54, 1.807) is 16.7 Å². The number of hydrogen-bond donors (Lipinski definition) is 3. The maximum absolute atomic E-state index is 11.6. The third kappa shape index (κ3) is 3.02. The molecule has 0 saturated carbocycles. The van der Waals surface area contributed by atoms with E-state index in [4.69, 9.17) is 10.9 Å². The summed E-state index contributed by atoms with van der Waals surface area (Å²) in [6.07, 6.45) is 0.857. The largest absolute Gasteiger partial charge is 0.409 e. The van der Waals surface area contributed by atoms with E-state index in [0.29, 0.717) is 17.3 Å². The summed E-state index contributed by atoms with van der Waals surface area (Å²) in [4.78, 5) is 12.5. The molecule has 7 nitrogen and oxygen atoms in total. The SMILES string of the molecule is CCCn1c(Sc2ccc(C(N)=NO)cc2)n[nH]c1=O. The first-order valence-corrected chi connectivity index (χ1v) is 6.88.